The van der Waals surface area contributed by atoms with E-state index in [9.17, 15) is 19.8 Å². The van der Waals surface area contributed by atoms with Crippen molar-refractivity contribution in [2.45, 2.75) is 193 Å². The molecule has 1 unspecified atom stereocenters. The second-order valence-corrected chi connectivity index (χ2v) is 12.8. The second-order valence-electron chi connectivity index (χ2n) is 12.8. The summed E-state index contributed by atoms with van der Waals surface area (Å²) < 4.78 is 5.09. The molecule has 5 nitrogen and oxygen atoms in total. The fraction of sp³-hybridized carbons (Fsp3) is 0.756. The van der Waals surface area contributed by atoms with Gasteiger partial charge in [-0.05, 0) is 51.4 Å². The zero-order chi connectivity index (χ0) is 33.8. The molecule has 0 amide bonds. The monoisotopic (exact) mass is 645 g/mol. The summed E-state index contributed by atoms with van der Waals surface area (Å²) in [7, 11) is 0. The standard InChI is InChI=1S/C41H72O5/c1-3-5-7-9-11-13-15-17-19-20-22-24-26-28-30-32-34-36-40(44)46-37-39(43)41(45)38(42)35-33-31-29-27-25-23-21-18-16-14-12-10-8-6-4-2/h11,13,17,19,22,24,28,30,39,41,43,45H,3-10,12,14-16,18,20-21,23,25-27,29,31-37H2,1-2H3/b13-11-,19-17-,24-22-,30-28-/t39-,41?/m0/s1. The van der Waals surface area contributed by atoms with Crippen LogP contribution in [-0.4, -0.2) is 40.8 Å². The molecule has 0 bridgehead atoms. The van der Waals surface area contributed by atoms with Crippen molar-refractivity contribution in [1.82, 2.24) is 0 Å². The van der Waals surface area contributed by atoms with Crippen LogP contribution >= 0.6 is 0 Å². The van der Waals surface area contributed by atoms with Gasteiger partial charge in [0, 0.05) is 12.8 Å². The Morgan fingerprint density at radius 2 is 0.891 bits per heavy atom. The lowest BCUT2D eigenvalue weighted by Gasteiger charge is -2.16. The second kappa shape index (κ2) is 35.9. The molecule has 266 valence electrons. The van der Waals surface area contributed by atoms with Crippen molar-refractivity contribution in [3.8, 4) is 0 Å². The van der Waals surface area contributed by atoms with Crippen LogP contribution in [0.5, 0.6) is 0 Å². The molecule has 0 saturated carbocycles. The maximum Gasteiger partial charge on any atom is 0.305 e. The zero-order valence-corrected chi connectivity index (χ0v) is 30.0. The highest BCUT2D eigenvalue weighted by molar-refractivity contribution is 5.83. The van der Waals surface area contributed by atoms with Crippen LogP contribution in [0.2, 0.25) is 0 Å². The number of carbonyl (C=O) groups is 2. The fourth-order valence-electron chi connectivity index (χ4n) is 5.30. The quantitative estimate of drug-likeness (QED) is 0.0414. The van der Waals surface area contributed by atoms with Crippen molar-refractivity contribution in [3.63, 3.8) is 0 Å². The lowest BCUT2D eigenvalue weighted by molar-refractivity contribution is -0.152. The number of hydrogen-bond acceptors (Lipinski definition) is 5. The molecule has 2 atom stereocenters. The van der Waals surface area contributed by atoms with Crippen molar-refractivity contribution in [2.24, 2.45) is 0 Å². The van der Waals surface area contributed by atoms with Gasteiger partial charge in [0.15, 0.2) is 5.78 Å². The first-order valence-electron chi connectivity index (χ1n) is 19.2. The van der Waals surface area contributed by atoms with Crippen molar-refractivity contribution < 1.29 is 24.5 Å². The minimum atomic E-state index is -1.50. The summed E-state index contributed by atoms with van der Waals surface area (Å²) in [6.45, 7) is 4.14. The van der Waals surface area contributed by atoms with Gasteiger partial charge in [-0.25, -0.2) is 0 Å². The Kier molecular flexibility index (Phi) is 34.3. The van der Waals surface area contributed by atoms with Crippen LogP contribution in [0.25, 0.3) is 0 Å². The Balaban J connectivity index is 3.67. The van der Waals surface area contributed by atoms with Gasteiger partial charge in [0.25, 0.3) is 0 Å². The molecule has 0 radical (unpaired) electrons. The first kappa shape index (κ1) is 44.0. The normalized spacial score (nSPS) is 13.5. The lowest BCUT2D eigenvalue weighted by Crippen LogP contribution is -2.37. The minimum Gasteiger partial charge on any atom is -0.463 e. The molecule has 0 rings (SSSR count). The molecular formula is C41H72O5. The van der Waals surface area contributed by atoms with Gasteiger partial charge >= 0.3 is 5.97 Å². The van der Waals surface area contributed by atoms with Crippen LogP contribution in [0.3, 0.4) is 0 Å². The number of Topliss-reactive ketones (excluding diaryl/α,β-unsaturated/α-hetero) is 1. The summed E-state index contributed by atoms with van der Waals surface area (Å²) >= 11 is 0. The van der Waals surface area contributed by atoms with Gasteiger partial charge in [0.2, 0.25) is 0 Å². The third-order valence-corrected chi connectivity index (χ3v) is 8.35. The SMILES string of the molecule is CCCCC/C=C\C/C=C\C/C=C\C/C=C\CCCC(=O)OC[C@H](O)C(O)C(=O)CCCCCCCCCCCCCCCCC. The van der Waals surface area contributed by atoms with Gasteiger partial charge < -0.3 is 14.9 Å². The summed E-state index contributed by atoms with van der Waals surface area (Å²) in [6.07, 6.45) is 43.1. The topological polar surface area (TPSA) is 83.8 Å². The van der Waals surface area contributed by atoms with Crippen LogP contribution in [0.15, 0.2) is 48.6 Å². The molecule has 46 heavy (non-hydrogen) atoms. The van der Waals surface area contributed by atoms with Gasteiger partial charge in [0.1, 0.15) is 18.8 Å². The lowest BCUT2D eigenvalue weighted by atomic mass is 10.0. The van der Waals surface area contributed by atoms with E-state index in [1.54, 1.807) is 0 Å². The third-order valence-electron chi connectivity index (χ3n) is 8.35. The third kappa shape index (κ3) is 32.0. The molecule has 0 aliphatic heterocycles. The number of esters is 1. The number of hydrogen-bond donors (Lipinski definition) is 2. The number of unbranched alkanes of at least 4 members (excludes halogenated alkanes) is 18. The predicted molar refractivity (Wildman–Crippen MR) is 196 cm³/mol. The molecule has 2 N–H and O–H groups in total. The van der Waals surface area contributed by atoms with E-state index < -0.39 is 18.2 Å². The largest absolute Gasteiger partial charge is 0.463 e. The highest BCUT2D eigenvalue weighted by atomic mass is 16.5. The van der Waals surface area contributed by atoms with Gasteiger partial charge in [-0.2, -0.15) is 0 Å². The Morgan fingerprint density at radius 3 is 1.37 bits per heavy atom. The maximum absolute atomic E-state index is 12.2. The van der Waals surface area contributed by atoms with Crippen molar-refractivity contribution >= 4 is 11.8 Å². The first-order valence-corrected chi connectivity index (χ1v) is 19.2. The number of allylic oxidation sites excluding steroid dienone is 8. The van der Waals surface area contributed by atoms with Crippen LogP contribution in [0, 0.1) is 0 Å². The Hall–Kier alpha value is -1.98. The average Bonchev–Trinajstić information content (AvgIpc) is 3.06. The van der Waals surface area contributed by atoms with E-state index in [4.69, 9.17) is 4.74 Å². The zero-order valence-electron chi connectivity index (χ0n) is 30.0. The van der Waals surface area contributed by atoms with Crippen LogP contribution in [0.4, 0.5) is 0 Å². The van der Waals surface area contributed by atoms with Gasteiger partial charge in [-0.15, -0.1) is 0 Å². The minimum absolute atomic E-state index is 0.244. The highest BCUT2D eigenvalue weighted by Crippen LogP contribution is 2.14. The molecule has 0 aliphatic rings. The molecule has 0 aliphatic carbocycles. The number of ketones is 1. The average molecular weight is 645 g/mol. The van der Waals surface area contributed by atoms with Crippen LogP contribution < -0.4 is 0 Å². The fourth-order valence-corrected chi connectivity index (χ4v) is 5.30. The predicted octanol–water partition coefficient (Wildman–Crippen LogP) is 11.2. The molecule has 0 heterocycles. The van der Waals surface area contributed by atoms with E-state index in [1.807, 2.05) is 0 Å². The molecule has 0 aromatic carbocycles. The maximum atomic E-state index is 12.2. The first-order chi connectivity index (χ1) is 22.5. The van der Waals surface area contributed by atoms with E-state index >= 15 is 0 Å². The number of aliphatic hydroxyl groups is 2. The summed E-state index contributed by atoms with van der Waals surface area (Å²) in [6, 6.07) is 0. The summed E-state index contributed by atoms with van der Waals surface area (Å²) in [5.41, 5.74) is 0. The number of rotatable bonds is 34. The van der Waals surface area contributed by atoms with Gasteiger partial charge in [-0.1, -0.05) is 165 Å². The number of ether oxygens (including phenoxy) is 1. The van der Waals surface area contributed by atoms with E-state index in [0.717, 1.165) is 44.9 Å². The smallest absolute Gasteiger partial charge is 0.305 e. The molecule has 0 spiro atoms. The van der Waals surface area contributed by atoms with E-state index in [0.29, 0.717) is 6.42 Å². The summed E-state index contributed by atoms with van der Waals surface area (Å²) in [5, 5.41) is 20.2. The Morgan fingerprint density at radius 1 is 0.500 bits per heavy atom. The summed E-state index contributed by atoms with van der Waals surface area (Å²) in [5.74, 6) is -0.796. The Labute approximate surface area is 284 Å². The molecule has 0 aromatic heterocycles. The summed E-state index contributed by atoms with van der Waals surface area (Å²) in [4.78, 5) is 24.2. The molecule has 5 heteroatoms. The van der Waals surface area contributed by atoms with Crippen molar-refractivity contribution in [1.29, 1.82) is 0 Å². The van der Waals surface area contributed by atoms with Gasteiger partial charge in [0.05, 0.1) is 0 Å². The molecular weight excluding hydrogens is 572 g/mol. The van der Waals surface area contributed by atoms with Crippen LogP contribution in [-0.2, 0) is 14.3 Å². The molecule has 0 saturated heterocycles. The molecule has 0 aromatic rings. The van der Waals surface area contributed by atoms with E-state index in [1.165, 1.54) is 103 Å². The Bertz CT molecular complexity index is 797. The van der Waals surface area contributed by atoms with E-state index in [-0.39, 0.29) is 25.2 Å². The number of carbonyl (C=O) groups excluding carboxylic acids is 2. The van der Waals surface area contributed by atoms with Gasteiger partial charge in [-0.3, -0.25) is 9.59 Å². The number of aliphatic hydroxyl groups excluding tert-OH is 2. The van der Waals surface area contributed by atoms with Crippen molar-refractivity contribution in [3.05, 3.63) is 48.6 Å². The van der Waals surface area contributed by atoms with Crippen LogP contribution in [0.1, 0.15) is 181 Å². The van der Waals surface area contributed by atoms with Crippen molar-refractivity contribution in [2.75, 3.05) is 6.61 Å². The highest BCUT2D eigenvalue weighted by Gasteiger charge is 2.24. The van der Waals surface area contributed by atoms with E-state index in [2.05, 4.69) is 62.5 Å². The molecule has 0 fully saturated rings.